The summed E-state index contributed by atoms with van der Waals surface area (Å²) < 4.78 is 30.1. The van der Waals surface area contributed by atoms with E-state index in [4.69, 9.17) is 0 Å². The molecule has 1 aliphatic rings. The smallest absolute Gasteiger partial charge is 0.264 e. The lowest BCUT2D eigenvalue weighted by molar-refractivity contribution is -0.140. The third-order valence-corrected chi connectivity index (χ3v) is 10.5. The topological polar surface area (TPSA) is 86.8 Å². The van der Waals surface area contributed by atoms with Gasteiger partial charge in [0.25, 0.3) is 10.0 Å². The number of rotatable bonds is 12. The number of para-hydroxylation sites is 1. The molecule has 1 N–H and O–H groups in total. The van der Waals surface area contributed by atoms with Gasteiger partial charge in [-0.2, -0.15) is 0 Å². The Morgan fingerprint density at radius 3 is 1.96 bits per heavy atom. The number of sulfonamides is 1. The first kappa shape index (κ1) is 32.4. The summed E-state index contributed by atoms with van der Waals surface area (Å²) in [4.78, 5) is 30.3. The Hall–Kier alpha value is -3.95. The van der Waals surface area contributed by atoms with Crippen molar-refractivity contribution < 1.29 is 18.0 Å². The molecule has 9 heteroatoms. The van der Waals surface area contributed by atoms with Crippen LogP contribution in [0.3, 0.4) is 0 Å². The van der Waals surface area contributed by atoms with Crippen LogP contribution in [0.1, 0.15) is 43.2 Å². The Morgan fingerprint density at radius 2 is 1.33 bits per heavy atom. The van der Waals surface area contributed by atoms with Gasteiger partial charge in [-0.25, -0.2) is 8.42 Å². The van der Waals surface area contributed by atoms with Crippen LogP contribution >= 0.6 is 15.9 Å². The van der Waals surface area contributed by atoms with E-state index in [2.05, 4.69) is 21.2 Å². The highest BCUT2D eigenvalue weighted by Crippen LogP contribution is 2.25. The number of hydrogen-bond donors (Lipinski definition) is 1. The number of hydrogen-bond acceptors (Lipinski definition) is 4. The van der Waals surface area contributed by atoms with Crippen molar-refractivity contribution in [3.05, 3.63) is 131 Å². The fourth-order valence-corrected chi connectivity index (χ4v) is 7.43. The average molecular weight is 689 g/mol. The molecule has 1 fully saturated rings. The lowest BCUT2D eigenvalue weighted by Crippen LogP contribution is -2.55. The summed E-state index contributed by atoms with van der Waals surface area (Å²) in [5.74, 6) is -0.700. The van der Waals surface area contributed by atoms with E-state index in [1.165, 1.54) is 12.1 Å². The van der Waals surface area contributed by atoms with Crippen molar-refractivity contribution in [2.75, 3.05) is 10.8 Å². The summed E-state index contributed by atoms with van der Waals surface area (Å²) in [6.45, 7) is -0.338. The van der Waals surface area contributed by atoms with Gasteiger partial charge in [-0.1, -0.05) is 114 Å². The van der Waals surface area contributed by atoms with Crippen LogP contribution < -0.4 is 9.62 Å². The predicted molar refractivity (Wildman–Crippen MR) is 181 cm³/mol. The Bertz CT molecular complexity index is 1650. The lowest BCUT2D eigenvalue weighted by atomic mass is 9.94. The van der Waals surface area contributed by atoms with Gasteiger partial charge in [0.1, 0.15) is 12.6 Å². The van der Waals surface area contributed by atoms with Gasteiger partial charge in [0.05, 0.1) is 10.6 Å². The van der Waals surface area contributed by atoms with Crippen molar-refractivity contribution in [1.82, 2.24) is 10.2 Å². The summed E-state index contributed by atoms with van der Waals surface area (Å²) in [5, 5.41) is 3.24. The van der Waals surface area contributed by atoms with Crippen molar-refractivity contribution in [2.45, 2.75) is 62.0 Å². The number of nitrogens with one attached hydrogen (secondary N) is 1. The molecule has 1 aliphatic carbocycles. The van der Waals surface area contributed by atoms with E-state index >= 15 is 0 Å². The molecule has 2 amide bonds. The van der Waals surface area contributed by atoms with Gasteiger partial charge in [0, 0.05) is 23.5 Å². The molecule has 0 spiro atoms. The minimum Gasteiger partial charge on any atom is -0.352 e. The fraction of sp³-hybridized carbons (Fsp3) is 0.278. The van der Waals surface area contributed by atoms with E-state index in [1.54, 1.807) is 53.4 Å². The number of carbonyl (C=O) groups excluding carboxylic acids is 2. The van der Waals surface area contributed by atoms with Crippen molar-refractivity contribution in [2.24, 2.45) is 0 Å². The van der Waals surface area contributed by atoms with Crippen LogP contribution in [-0.4, -0.2) is 43.8 Å². The van der Waals surface area contributed by atoms with Crippen molar-refractivity contribution >= 4 is 43.5 Å². The number of carbonyl (C=O) groups is 2. The van der Waals surface area contributed by atoms with Crippen LogP contribution in [0.4, 0.5) is 5.69 Å². The van der Waals surface area contributed by atoms with Crippen LogP contribution in [0.15, 0.2) is 125 Å². The van der Waals surface area contributed by atoms with Crippen molar-refractivity contribution in [1.29, 1.82) is 0 Å². The third kappa shape index (κ3) is 8.61. The molecule has 4 aromatic rings. The van der Waals surface area contributed by atoms with Crippen LogP contribution in [0.2, 0.25) is 0 Å². The van der Waals surface area contributed by atoms with Gasteiger partial charge in [0.15, 0.2) is 0 Å². The number of halogens is 1. The van der Waals surface area contributed by atoms with Gasteiger partial charge >= 0.3 is 0 Å². The molecule has 234 valence electrons. The molecule has 5 rings (SSSR count). The van der Waals surface area contributed by atoms with Gasteiger partial charge in [0.2, 0.25) is 11.8 Å². The van der Waals surface area contributed by atoms with E-state index in [0.29, 0.717) is 12.1 Å². The second-order valence-electron chi connectivity index (χ2n) is 11.4. The van der Waals surface area contributed by atoms with Crippen LogP contribution in [0, 0.1) is 0 Å². The highest BCUT2D eigenvalue weighted by Gasteiger charge is 2.35. The highest BCUT2D eigenvalue weighted by atomic mass is 79.9. The number of nitrogens with zero attached hydrogens (tertiary/aromatic N) is 2. The minimum atomic E-state index is -4.11. The molecule has 0 aromatic heterocycles. The zero-order valence-corrected chi connectivity index (χ0v) is 27.5. The summed E-state index contributed by atoms with van der Waals surface area (Å²) in [5.41, 5.74) is 2.10. The monoisotopic (exact) mass is 687 g/mol. The fourth-order valence-electron chi connectivity index (χ4n) is 5.73. The molecule has 4 aromatic carbocycles. The van der Waals surface area contributed by atoms with Gasteiger partial charge in [-0.05, 0) is 60.4 Å². The normalized spacial score (nSPS) is 14.3. The maximum Gasteiger partial charge on any atom is 0.264 e. The molecule has 45 heavy (non-hydrogen) atoms. The molecular weight excluding hydrogens is 650 g/mol. The first-order valence-corrected chi connectivity index (χ1v) is 17.6. The van der Waals surface area contributed by atoms with E-state index in [9.17, 15) is 18.0 Å². The van der Waals surface area contributed by atoms with E-state index in [0.717, 1.165) is 52.0 Å². The first-order valence-electron chi connectivity index (χ1n) is 15.3. The molecule has 0 heterocycles. The second-order valence-corrected chi connectivity index (χ2v) is 14.1. The molecular formula is C36H38BrN3O4S. The summed E-state index contributed by atoms with van der Waals surface area (Å²) in [7, 11) is -4.11. The molecule has 0 bridgehead atoms. The maximum absolute atomic E-state index is 14.5. The zero-order valence-electron chi connectivity index (χ0n) is 25.1. The van der Waals surface area contributed by atoms with Crippen molar-refractivity contribution in [3.63, 3.8) is 0 Å². The SMILES string of the molecule is O=C(NC1CCCCC1)C(Cc1ccccc1)N(Cc1ccc(Br)cc1)C(=O)CN(c1ccccc1)S(=O)(=O)c1ccccc1. The van der Waals surface area contributed by atoms with E-state index in [1.807, 2.05) is 54.6 Å². The highest BCUT2D eigenvalue weighted by molar-refractivity contribution is 9.10. The van der Waals surface area contributed by atoms with E-state index in [-0.39, 0.29) is 23.4 Å². The molecule has 1 unspecified atom stereocenters. The lowest BCUT2D eigenvalue weighted by Gasteiger charge is -2.35. The number of anilines is 1. The van der Waals surface area contributed by atoms with Gasteiger partial charge in [-0.3, -0.25) is 13.9 Å². The second kappa shape index (κ2) is 15.4. The summed E-state index contributed by atoms with van der Waals surface area (Å²) >= 11 is 3.48. The molecule has 1 atom stereocenters. The largest absolute Gasteiger partial charge is 0.352 e. The zero-order chi connectivity index (χ0) is 31.6. The van der Waals surface area contributed by atoms with Crippen LogP contribution in [-0.2, 0) is 32.6 Å². The van der Waals surface area contributed by atoms with Gasteiger partial charge in [-0.15, -0.1) is 0 Å². The quantitative estimate of drug-likeness (QED) is 0.179. The number of benzene rings is 4. The predicted octanol–water partition coefficient (Wildman–Crippen LogP) is 6.73. The summed E-state index contributed by atoms with van der Waals surface area (Å²) in [6, 6.07) is 33.1. The van der Waals surface area contributed by atoms with Crippen LogP contribution in [0.5, 0.6) is 0 Å². The Labute approximate surface area is 274 Å². The number of amides is 2. The average Bonchev–Trinajstić information content (AvgIpc) is 3.07. The minimum absolute atomic E-state index is 0.0495. The molecule has 7 nitrogen and oxygen atoms in total. The molecule has 1 saturated carbocycles. The first-order chi connectivity index (χ1) is 21.8. The van der Waals surface area contributed by atoms with Gasteiger partial charge < -0.3 is 10.2 Å². The Morgan fingerprint density at radius 1 is 0.756 bits per heavy atom. The standard InChI is InChI=1S/C36H38BrN3O4S/c37-30-23-21-29(22-24-30)26-39(34(25-28-13-5-1-6-14-28)36(42)38-31-15-7-2-8-16-31)35(41)27-40(32-17-9-3-10-18-32)45(43,44)33-19-11-4-12-20-33/h1,3-6,9-14,17-24,31,34H,2,7-8,15-16,25-27H2,(H,38,42). The van der Waals surface area contributed by atoms with Crippen LogP contribution in [0.25, 0.3) is 0 Å². The van der Waals surface area contributed by atoms with Crippen molar-refractivity contribution in [3.8, 4) is 0 Å². The summed E-state index contributed by atoms with van der Waals surface area (Å²) in [6.07, 6.45) is 5.36. The van der Waals surface area contributed by atoms with E-state index < -0.39 is 28.5 Å². The Balaban J connectivity index is 1.54. The Kier molecular flexibility index (Phi) is 11.1. The molecule has 0 radical (unpaired) electrons. The third-order valence-electron chi connectivity index (χ3n) is 8.14. The maximum atomic E-state index is 14.5. The molecule has 0 saturated heterocycles. The molecule has 0 aliphatic heterocycles.